The summed E-state index contributed by atoms with van der Waals surface area (Å²) in [4.78, 5) is 34.1. The Balaban J connectivity index is 3.49. The Hall–Kier alpha value is -0.990. The molecule has 0 aliphatic carbocycles. The van der Waals surface area contributed by atoms with Crippen molar-refractivity contribution in [3.05, 3.63) is 0 Å². The molecule has 0 aliphatic rings. The number of ether oxygens (including phenoxy) is 1. The summed E-state index contributed by atoms with van der Waals surface area (Å²) < 4.78 is 27.0. The number of aliphatic hydroxyl groups excluding tert-OH is 1. The van der Waals surface area contributed by atoms with E-state index < -0.39 is 26.5 Å². The first-order valence-electron chi connectivity index (χ1n) is 26.5. The van der Waals surface area contributed by atoms with E-state index in [2.05, 4.69) is 19.2 Å². The zero-order chi connectivity index (χ0) is 44.6. The van der Waals surface area contributed by atoms with E-state index in [-0.39, 0.29) is 25.7 Å². The van der Waals surface area contributed by atoms with Gasteiger partial charge in [0.2, 0.25) is 5.91 Å². The van der Waals surface area contributed by atoms with Crippen LogP contribution in [0.1, 0.15) is 284 Å². The lowest BCUT2D eigenvalue weighted by atomic mass is 10.0. The van der Waals surface area contributed by atoms with Gasteiger partial charge in [-0.3, -0.25) is 18.6 Å². The molecule has 0 aromatic rings. The van der Waals surface area contributed by atoms with Gasteiger partial charge in [0, 0.05) is 19.4 Å². The average molecular weight is 888 g/mol. The van der Waals surface area contributed by atoms with Crippen LogP contribution in [-0.4, -0.2) is 54.3 Å². The minimum atomic E-state index is -4.41. The van der Waals surface area contributed by atoms with Crippen molar-refractivity contribution in [3.63, 3.8) is 0 Å². The van der Waals surface area contributed by atoms with Gasteiger partial charge in [0.1, 0.15) is 12.7 Å². The largest absolute Gasteiger partial charge is 0.472 e. The fourth-order valence-corrected chi connectivity index (χ4v) is 8.79. The van der Waals surface area contributed by atoms with Crippen LogP contribution in [0, 0.1) is 0 Å². The summed E-state index contributed by atoms with van der Waals surface area (Å²) in [5.74, 6) is -0.497. The first kappa shape index (κ1) is 60.0. The predicted octanol–water partition coefficient (Wildman–Crippen LogP) is 15.6. The molecule has 3 N–H and O–H groups in total. The van der Waals surface area contributed by atoms with Crippen LogP contribution in [-0.2, 0) is 27.9 Å². The van der Waals surface area contributed by atoms with Gasteiger partial charge in [-0.1, -0.05) is 258 Å². The molecular formula is C51H102NO8P. The van der Waals surface area contributed by atoms with E-state index in [1.54, 1.807) is 0 Å². The highest BCUT2D eigenvalue weighted by Gasteiger charge is 2.23. The van der Waals surface area contributed by atoms with Crippen LogP contribution in [0.2, 0.25) is 0 Å². The maximum absolute atomic E-state index is 12.1. The third-order valence-corrected chi connectivity index (χ3v) is 13.0. The molecule has 0 aliphatic heterocycles. The van der Waals surface area contributed by atoms with Crippen molar-refractivity contribution in [1.29, 1.82) is 0 Å². The molecule has 0 aromatic heterocycles. The van der Waals surface area contributed by atoms with Gasteiger partial charge in [-0.25, -0.2) is 4.57 Å². The normalized spacial score (nSPS) is 13.0. The van der Waals surface area contributed by atoms with E-state index in [1.807, 2.05) is 0 Å². The Morgan fingerprint density at radius 2 is 0.738 bits per heavy atom. The number of aliphatic hydroxyl groups is 1. The molecule has 0 saturated carbocycles. The number of carbonyl (C=O) groups excluding carboxylic acids is 2. The van der Waals surface area contributed by atoms with Crippen molar-refractivity contribution in [3.8, 4) is 0 Å². The lowest BCUT2D eigenvalue weighted by molar-refractivity contribution is -0.147. The van der Waals surface area contributed by atoms with E-state index >= 15 is 0 Å². The van der Waals surface area contributed by atoms with Crippen molar-refractivity contribution < 1.29 is 37.9 Å². The minimum absolute atomic E-state index is 0.0888. The molecule has 0 saturated heterocycles. The predicted molar refractivity (Wildman–Crippen MR) is 257 cm³/mol. The highest BCUT2D eigenvalue weighted by atomic mass is 31.2. The van der Waals surface area contributed by atoms with Crippen molar-refractivity contribution in [2.45, 2.75) is 290 Å². The molecule has 0 spiro atoms. The molecule has 364 valence electrons. The Kier molecular flexibility index (Phi) is 47.7. The molecule has 10 heteroatoms. The van der Waals surface area contributed by atoms with Crippen LogP contribution < -0.4 is 5.32 Å². The zero-order valence-corrected chi connectivity index (χ0v) is 41.3. The Bertz CT molecular complexity index is 969. The molecule has 0 fully saturated rings. The van der Waals surface area contributed by atoms with E-state index in [9.17, 15) is 24.2 Å². The summed E-state index contributed by atoms with van der Waals surface area (Å²) in [5, 5.41) is 12.8. The van der Waals surface area contributed by atoms with Crippen LogP contribution in [0.5, 0.6) is 0 Å². The molecule has 0 aromatic carbocycles. The topological polar surface area (TPSA) is 131 Å². The fourth-order valence-electron chi connectivity index (χ4n) is 8.03. The van der Waals surface area contributed by atoms with Crippen molar-refractivity contribution in [1.82, 2.24) is 5.32 Å². The third-order valence-electron chi connectivity index (χ3n) is 12.0. The highest BCUT2D eigenvalue weighted by molar-refractivity contribution is 7.47. The number of amides is 1. The van der Waals surface area contributed by atoms with Crippen LogP contribution in [0.25, 0.3) is 0 Å². The summed E-state index contributed by atoms with van der Waals surface area (Å²) >= 11 is 0. The van der Waals surface area contributed by atoms with Gasteiger partial charge in [-0.05, 0) is 12.8 Å². The number of carbonyl (C=O) groups is 2. The van der Waals surface area contributed by atoms with Gasteiger partial charge in [0.25, 0.3) is 0 Å². The minimum Gasteiger partial charge on any atom is -0.463 e. The summed E-state index contributed by atoms with van der Waals surface area (Å²) in [6, 6.07) is 0. The first-order chi connectivity index (χ1) is 29.8. The Morgan fingerprint density at radius 3 is 1.07 bits per heavy atom. The van der Waals surface area contributed by atoms with Crippen LogP contribution in [0.3, 0.4) is 0 Å². The van der Waals surface area contributed by atoms with Gasteiger partial charge in [0.15, 0.2) is 0 Å². The zero-order valence-electron chi connectivity index (χ0n) is 40.4. The van der Waals surface area contributed by atoms with Crippen LogP contribution >= 0.6 is 7.82 Å². The lowest BCUT2D eigenvalue weighted by Crippen LogP contribution is -2.27. The van der Waals surface area contributed by atoms with Crippen molar-refractivity contribution in [2.75, 3.05) is 26.4 Å². The van der Waals surface area contributed by atoms with E-state index in [4.69, 9.17) is 13.8 Å². The van der Waals surface area contributed by atoms with E-state index in [0.717, 1.165) is 38.5 Å². The standard InChI is InChI=1S/C51H102NO8P/c1-3-5-7-9-11-13-15-17-19-21-23-24-25-26-28-30-32-34-36-38-40-42-44-51(55)58-47-49(53)48-60-61(56,57)59-46-45-52-50(54)43-41-39-37-35-33-31-29-27-22-20-18-16-14-12-10-8-6-4-2/h49,53H,3-48H2,1-2H3,(H,52,54)(H,56,57). The fraction of sp³-hybridized carbons (Fsp3) is 0.961. The second-order valence-corrected chi connectivity index (χ2v) is 19.7. The number of phosphoric acid groups is 1. The number of rotatable bonds is 51. The maximum Gasteiger partial charge on any atom is 0.472 e. The van der Waals surface area contributed by atoms with Gasteiger partial charge in [-0.15, -0.1) is 0 Å². The summed E-state index contributed by atoms with van der Waals surface area (Å²) in [6.45, 7) is 3.63. The molecule has 2 atom stereocenters. The smallest absolute Gasteiger partial charge is 0.463 e. The molecule has 0 heterocycles. The van der Waals surface area contributed by atoms with Gasteiger partial charge in [-0.2, -0.15) is 0 Å². The number of hydrogen-bond acceptors (Lipinski definition) is 7. The van der Waals surface area contributed by atoms with Crippen LogP contribution in [0.15, 0.2) is 0 Å². The maximum atomic E-state index is 12.1. The Labute approximate surface area is 377 Å². The SMILES string of the molecule is CCCCCCCCCCCCCCCCCCCCCCCCC(=O)OCC(O)COP(=O)(O)OCCNC(=O)CCCCCCCCCCCCCCCCCCCC. The monoisotopic (exact) mass is 888 g/mol. The number of esters is 1. The molecule has 2 unspecified atom stereocenters. The number of unbranched alkanes of at least 4 members (excludes halogenated alkanes) is 38. The van der Waals surface area contributed by atoms with Gasteiger partial charge in [0.05, 0.1) is 13.2 Å². The molecule has 0 bridgehead atoms. The summed E-state index contributed by atoms with van der Waals surface area (Å²) in [6.07, 6.45) is 51.9. The van der Waals surface area contributed by atoms with Crippen LogP contribution in [0.4, 0.5) is 0 Å². The highest BCUT2D eigenvalue weighted by Crippen LogP contribution is 2.42. The summed E-state index contributed by atoms with van der Waals surface area (Å²) in [7, 11) is -4.41. The van der Waals surface area contributed by atoms with Gasteiger partial charge >= 0.3 is 13.8 Å². The molecule has 0 radical (unpaired) electrons. The summed E-state index contributed by atoms with van der Waals surface area (Å²) in [5.41, 5.74) is 0. The number of hydrogen-bond donors (Lipinski definition) is 3. The second kappa shape index (κ2) is 48.5. The van der Waals surface area contributed by atoms with Crippen molar-refractivity contribution >= 4 is 19.7 Å². The van der Waals surface area contributed by atoms with E-state index in [1.165, 1.54) is 218 Å². The lowest BCUT2D eigenvalue weighted by Gasteiger charge is -2.15. The molecule has 0 rings (SSSR count). The average Bonchev–Trinajstić information content (AvgIpc) is 3.25. The quantitative estimate of drug-likeness (QED) is 0.0313. The third kappa shape index (κ3) is 49.9. The number of nitrogens with one attached hydrogen (secondary N) is 1. The van der Waals surface area contributed by atoms with E-state index in [0.29, 0.717) is 12.8 Å². The molecular weight excluding hydrogens is 786 g/mol. The number of phosphoric ester groups is 1. The second-order valence-electron chi connectivity index (χ2n) is 18.2. The molecule has 1 amide bonds. The van der Waals surface area contributed by atoms with Crippen molar-refractivity contribution in [2.24, 2.45) is 0 Å². The Morgan fingerprint density at radius 1 is 0.443 bits per heavy atom. The molecule has 61 heavy (non-hydrogen) atoms. The first-order valence-corrected chi connectivity index (χ1v) is 28.0. The molecule has 9 nitrogen and oxygen atoms in total. The van der Waals surface area contributed by atoms with Gasteiger partial charge < -0.3 is 20.1 Å².